The highest BCUT2D eigenvalue weighted by molar-refractivity contribution is 6.29. The van der Waals surface area contributed by atoms with Crippen LogP contribution in [0.4, 0.5) is 5.82 Å². The smallest absolute Gasteiger partial charge is 0.137 e. The minimum absolute atomic E-state index is 0.108. The summed E-state index contributed by atoms with van der Waals surface area (Å²) in [4.78, 5) is 11.2. The van der Waals surface area contributed by atoms with Crippen LogP contribution in [0.1, 0.15) is 39.4 Å². The first-order valence-electron chi connectivity index (χ1n) is 6.81. The summed E-state index contributed by atoms with van der Waals surface area (Å²) in [6.45, 7) is 8.37. The van der Waals surface area contributed by atoms with Crippen molar-refractivity contribution in [1.29, 1.82) is 0 Å². The fraction of sp³-hybridized carbons (Fsp3) is 0.714. The fourth-order valence-corrected chi connectivity index (χ4v) is 2.43. The standard InChI is InChI=1S/C14H22ClN3O/c1-14(2,3)13-16-11(15)8-12(17-13)18-6-4-10(9-19)5-7-18/h8,10,19H,4-7,9H2,1-3H3. The first kappa shape index (κ1) is 14.5. The van der Waals surface area contributed by atoms with Gasteiger partial charge >= 0.3 is 0 Å². The van der Waals surface area contributed by atoms with Gasteiger partial charge in [0.15, 0.2) is 0 Å². The van der Waals surface area contributed by atoms with Crippen LogP contribution in [0, 0.1) is 5.92 Å². The lowest BCUT2D eigenvalue weighted by atomic mass is 9.95. The zero-order valence-electron chi connectivity index (χ0n) is 11.9. The lowest BCUT2D eigenvalue weighted by Gasteiger charge is -2.32. The molecule has 0 saturated carbocycles. The lowest BCUT2D eigenvalue weighted by Crippen LogP contribution is -2.35. The van der Waals surface area contributed by atoms with Crippen molar-refractivity contribution in [1.82, 2.24) is 9.97 Å². The zero-order valence-corrected chi connectivity index (χ0v) is 12.6. The van der Waals surface area contributed by atoms with Crippen molar-refractivity contribution < 1.29 is 5.11 Å². The molecule has 4 nitrogen and oxygen atoms in total. The van der Waals surface area contributed by atoms with E-state index in [2.05, 4.69) is 35.6 Å². The summed E-state index contributed by atoms with van der Waals surface area (Å²) >= 11 is 6.11. The van der Waals surface area contributed by atoms with E-state index in [4.69, 9.17) is 11.6 Å². The molecule has 0 spiro atoms. The molecule has 1 saturated heterocycles. The quantitative estimate of drug-likeness (QED) is 0.848. The van der Waals surface area contributed by atoms with Crippen LogP contribution in [-0.4, -0.2) is 34.8 Å². The lowest BCUT2D eigenvalue weighted by molar-refractivity contribution is 0.202. The Morgan fingerprint density at radius 3 is 2.47 bits per heavy atom. The molecule has 5 heteroatoms. The van der Waals surface area contributed by atoms with Crippen LogP contribution in [0.2, 0.25) is 5.15 Å². The molecule has 1 N–H and O–H groups in total. The number of rotatable bonds is 2. The van der Waals surface area contributed by atoms with E-state index in [-0.39, 0.29) is 12.0 Å². The normalized spacial score (nSPS) is 17.8. The van der Waals surface area contributed by atoms with Crippen LogP contribution in [0.25, 0.3) is 0 Å². The molecule has 2 heterocycles. The van der Waals surface area contributed by atoms with Crippen molar-refractivity contribution in [2.45, 2.75) is 39.0 Å². The van der Waals surface area contributed by atoms with E-state index in [1.165, 1.54) is 0 Å². The van der Waals surface area contributed by atoms with E-state index in [0.717, 1.165) is 37.6 Å². The van der Waals surface area contributed by atoms with Crippen LogP contribution in [-0.2, 0) is 5.41 Å². The predicted octanol–water partition coefficient (Wildman–Crippen LogP) is 2.64. The van der Waals surface area contributed by atoms with Crippen molar-refractivity contribution >= 4 is 17.4 Å². The Balaban J connectivity index is 2.19. The number of hydrogen-bond acceptors (Lipinski definition) is 4. The molecule has 1 aliphatic heterocycles. The van der Waals surface area contributed by atoms with Gasteiger partial charge in [0, 0.05) is 31.2 Å². The first-order valence-corrected chi connectivity index (χ1v) is 7.19. The maximum atomic E-state index is 9.18. The maximum absolute atomic E-state index is 9.18. The second kappa shape index (κ2) is 5.63. The minimum atomic E-state index is -0.108. The van der Waals surface area contributed by atoms with Gasteiger partial charge in [0.1, 0.15) is 16.8 Å². The monoisotopic (exact) mass is 283 g/mol. The topological polar surface area (TPSA) is 49.2 Å². The number of hydrogen-bond donors (Lipinski definition) is 1. The third-order valence-electron chi connectivity index (χ3n) is 3.55. The molecular weight excluding hydrogens is 262 g/mol. The van der Waals surface area contributed by atoms with Crippen LogP contribution in [0.5, 0.6) is 0 Å². The first-order chi connectivity index (χ1) is 8.90. The van der Waals surface area contributed by atoms with Gasteiger partial charge in [-0.3, -0.25) is 0 Å². The van der Waals surface area contributed by atoms with Crippen molar-refractivity contribution in [2.24, 2.45) is 5.92 Å². The molecule has 0 atom stereocenters. The van der Waals surface area contributed by atoms with Crippen molar-refractivity contribution in [3.8, 4) is 0 Å². The highest BCUT2D eigenvalue weighted by Gasteiger charge is 2.23. The molecule has 1 aromatic heterocycles. The third-order valence-corrected chi connectivity index (χ3v) is 3.74. The SMILES string of the molecule is CC(C)(C)c1nc(Cl)cc(N2CCC(CO)CC2)n1. The molecule has 0 radical (unpaired) electrons. The third kappa shape index (κ3) is 3.57. The summed E-state index contributed by atoms with van der Waals surface area (Å²) < 4.78 is 0. The number of aliphatic hydroxyl groups is 1. The summed E-state index contributed by atoms with van der Waals surface area (Å²) in [6, 6.07) is 1.83. The van der Waals surface area contributed by atoms with Gasteiger partial charge in [-0.15, -0.1) is 0 Å². The summed E-state index contributed by atoms with van der Waals surface area (Å²) in [5.74, 6) is 2.11. The molecule has 1 aliphatic rings. The Morgan fingerprint density at radius 1 is 1.32 bits per heavy atom. The second-order valence-corrected chi connectivity index (χ2v) is 6.62. The Bertz CT molecular complexity index is 437. The molecule has 1 fully saturated rings. The number of piperidine rings is 1. The number of halogens is 1. The molecule has 0 bridgehead atoms. The Kier molecular flexibility index (Phi) is 4.31. The number of aliphatic hydroxyl groups excluding tert-OH is 1. The average molecular weight is 284 g/mol. The molecule has 0 unspecified atom stereocenters. The minimum Gasteiger partial charge on any atom is -0.396 e. The van der Waals surface area contributed by atoms with Gasteiger partial charge in [-0.2, -0.15) is 0 Å². The Morgan fingerprint density at radius 2 is 1.95 bits per heavy atom. The number of aromatic nitrogens is 2. The molecular formula is C14H22ClN3O. The van der Waals surface area contributed by atoms with Crippen LogP contribution in [0.3, 0.4) is 0 Å². The van der Waals surface area contributed by atoms with Gasteiger partial charge in [0.2, 0.25) is 0 Å². The maximum Gasteiger partial charge on any atom is 0.137 e. The number of anilines is 1. The van der Waals surface area contributed by atoms with E-state index in [1.807, 2.05) is 6.07 Å². The largest absolute Gasteiger partial charge is 0.396 e. The van der Waals surface area contributed by atoms with Crippen LogP contribution >= 0.6 is 11.6 Å². The molecule has 2 rings (SSSR count). The average Bonchev–Trinajstić information content (AvgIpc) is 2.37. The number of nitrogens with zero attached hydrogens (tertiary/aromatic N) is 3. The van der Waals surface area contributed by atoms with Gasteiger partial charge in [0.05, 0.1) is 0 Å². The van der Waals surface area contributed by atoms with Crippen molar-refractivity contribution in [3.05, 3.63) is 17.0 Å². The van der Waals surface area contributed by atoms with Crippen molar-refractivity contribution in [3.63, 3.8) is 0 Å². The van der Waals surface area contributed by atoms with E-state index in [1.54, 1.807) is 0 Å². The van der Waals surface area contributed by atoms with E-state index in [0.29, 0.717) is 11.1 Å². The van der Waals surface area contributed by atoms with E-state index < -0.39 is 0 Å². The molecule has 0 aliphatic carbocycles. The van der Waals surface area contributed by atoms with Gasteiger partial charge < -0.3 is 10.0 Å². The van der Waals surface area contributed by atoms with Gasteiger partial charge in [-0.1, -0.05) is 32.4 Å². The van der Waals surface area contributed by atoms with Gasteiger partial charge in [-0.05, 0) is 18.8 Å². The Hall–Kier alpha value is -0.870. The summed E-state index contributed by atoms with van der Waals surface area (Å²) in [7, 11) is 0. The zero-order chi connectivity index (χ0) is 14.0. The fourth-order valence-electron chi connectivity index (χ4n) is 2.25. The summed E-state index contributed by atoms with van der Waals surface area (Å²) in [5.41, 5.74) is -0.108. The second-order valence-electron chi connectivity index (χ2n) is 6.24. The van der Waals surface area contributed by atoms with Gasteiger partial charge in [-0.25, -0.2) is 9.97 Å². The molecule has 1 aromatic rings. The van der Waals surface area contributed by atoms with Gasteiger partial charge in [0.25, 0.3) is 0 Å². The van der Waals surface area contributed by atoms with Crippen molar-refractivity contribution in [2.75, 3.05) is 24.6 Å². The molecule has 106 valence electrons. The highest BCUT2D eigenvalue weighted by Crippen LogP contribution is 2.26. The highest BCUT2D eigenvalue weighted by atomic mass is 35.5. The van der Waals surface area contributed by atoms with Crippen LogP contribution < -0.4 is 4.90 Å². The summed E-state index contributed by atoms with van der Waals surface area (Å²) in [6.07, 6.45) is 2.01. The van der Waals surface area contributed by atoms with E-state index in [9.17, 15) is 5.11 Å². The molecule has 0 amide bonds. The van der Waals surface area contributed by atoms with E-state index >= 15 is 0 Å². The predicted molar refractivity (Wildman–Crippen MR) is 77.8 cm³/mol. The molecule has 19 heavy (non-hydrogen) atoms. The van der Waals surface area contributed by atoms with Crippen LogP contribution in [0.15, 0.2) is 6.07 Å². The summed E-state index contributed by atoms with van der Waals surface area (Å²) in [5, 5.41) is 9.68. The molecule has 0 aromatic carbocycles. The Labute approximate surface area is 119 Å².